The van der Waals surface area contributed by atoms with Crippen molar-refractivity contribution in [3.63, 3.8) is 0 Å². The van der Waals surface area contributed by atoms with Crippen molar-refractivity contribution in [2.24, 2.45) is 0 Å². The average Bonchev–Trinajstić information content (AvgIpc) is 3.85. The molecule has 0 unspecified atom stereocenters. The third-order valence-corrected chi connectivity index (χ3v) is 10.6. The Labute approximate surface area is 322 Å². The lowest BCUT2D eigenvalue weighted by atomic mass is 9.95. The van der Waals surface area contributed by atoms with Crippen LogP contribution in [-0.4, -0.2) is 15.0 Å². The standard InChI is InChI=1S/C51H31N3O2/c1-3-12-32(13-4-1)34-24-26-35(27-25-34)49-52-50(37-17-9-16-36(30-37)33-14-5-2-6-15-33)54-51(53-49)38-28-29-42-46(31-38)56-45-23-11-20-40(48(42)45)39-19-10-22-44-47(39)41-18-7-8-21-43(41)55-44/h1-31H. The van der Waals surface area contributed by atoms with E-state index >= 15 is 0 Å². The van der Waals surface area contributed by atoms with E-state index in [1.165, 1.54) is 0 Å². The first kappa shape index (κ1) is 31.9. The van der Waals surface area contributed by atoms with Crippen molar-refractivity contribution in [2.45, 2.75) is 0 Å². The van der Waals surface area contributed by atoms with E-state index in [0.29, 0.717) is 17.5 Å². The molecule has 0 N–H and O–H groups in total. The van der Waals surface area contributed by atoms with Gasteiger partial charge in [-0.25, -0.2) is 15.0 Å². The summed E-state index contributed by atoms with van der Waals surface area (Å²) in [7, 11) is 0. The van der Waals surface area contributed by atoms with E-state index in [0.717, 1.165) is 93.9 Å². The normalized spacial score (nSPS) is 11.6. The molecule has 56 heavy (non-hydrogen) atoms. The molecule has 5 heteroatoms. The summed E-state index contributed by atoms with van der Waals surface area (Å²) in [6.45, 7) is 0. The molecule has 5 nitrogen and oxygen atoms in total. The van der Waals surface area contributed by atoms with Crippen LogP contribution in [0, 0.1) is 0 Å². The van der Waals surface area contributed by atoms with E-state index in [1.54, 1.807) is 0 Å². The molecule has 3 heterocycles. The molecular weight excluding hydrogens is 687 g/mol. The average molecular weight is 718 g/mol. The SMILES string of the molecule is c1ccc(-c2ccc(-c3nc(-c4cccc(-c5ccccc5)c4)nc(-c4ccc5c(c4)oc4cccc(-c6cccc7oc8ccccc8c67)c45)n3)cc2)cc1. The Morgan fingerprint density at radius 1 is 0.268 bits per heavy atom. The predicted octanol–water partition coefficient (Wildman–Crippen LogP) is 13.7. The lowest BCUT2D eigenvalue weighted by Gasteiger charge is -2.10. The second-order valence-corrected chi connectivity index (χ2v) is 14.0. The molecule has 0 atom stereocenters. The molecule has 0 fully saturated rings. The highest BCUT2D eigenvalue weighted by atomic mass is 16.3. The lowest BCUT2D eigenvalue weighted by molar-refractivity contribution is 0.668. The third-order valence-electron chi connectivity index (χ3n) is 10.6. The van der Waals surface area contributed by atoms with Crippen molar-refractivity contribution in [1.29, 1.82) is 0 Å². The van der Waals surface area contributed by atoms with Crippen molar-refractivity contribution in [3.05, 3.63) is 188 Å². The largest absolute Gasteiger partial charge is 0.456 e. The second kappa shape index (κ2) is 13.0. The number of benzene rings is 8. The summed E-state index contributed by atoms with van der Waals surface area (Å²) >= 11 is 0. The fourth-order valence-electron chi connectivity index (χ4n) is 7.86. The van der Waals surface area contributed by atoms with E-state index in [2.05, 4.69) is 152 Å². The van der Waals surface area contributed by atoms with Crippen LogP contribution in [0.2, 0.25) is 0 Å². The minimum Gasteiger partial charge on any atom is -0.456 e. The van der Waals surface area contributed by atoms with Gasteiger partial charge in [0.05, 0.1) is 0 Å². The van der Waals surface area contributed by atoms with E-state index in [-0.39, 0.29) is 0 Å². The third kappa shape index (κ3) is 5.45. The Morgan fingerprint density at radius 3 is 1.38 bits per heavy atom. The summed E-state index contributed by atoms with van der Waals surface area (Å²) < 4.78 is 12.9. The van der Waals surface area contributed by atoms with Gasteiger partial charge in [0.25, 0.3) is 0 Å². The molecule has 0 aliphatic heterocycles. The summed E-state index contributed by atoms with van der Waals surface area (Å²) in [6.07, 6.45) is 0. The highest BCUT2D eigenvalue weighted by Gasteiger charge is 2.19. The molecule has 0 saturated carbocycles. The van der Waals surface area contributed by atoms with Gasteiger partial charge in [-0.15, -0.1) is 0 Å². The summed E-state index contributed by atoms with van der Waals surface area (Å²) in [4.78, 5) is 15.3. The molecule has 0 saturated heterocycles. The smallest absolute Gasteiger partial charge is 0.164 e. The molecular formula is C51H31N3O2. The van der Waals surface area contributed by atoms with Crippen LogP contribution in [0.5, 0.6) is 0 Å². The first-order valence-corrected chi connectivity index (χ1v) is 18.7. The molecule has 3 aromatic heterocycles. The van der Waals surface area contributed by atoms with Crippen molar-refractivity contribution in [1.82, 2.24) is 15.0 Å². The van der Waals surface area contributed by atoms with Crippen LogP contribution in [-0.2, 0) is 0 Å². The number of aromatic nitrogens is 3. The highest BCUT2D eigenvalue weighted by Crippen LogP contribution is 2.43. The number of hydrogen-bond donors (Lipinski definition) is 0. The van der Waals surface area contributed by atoms with E-state index in [9.17, 15) is 0 Å². The summed E-state index contributed by atoms with van der Waals surface area (Å²) in [5, 5.41) is 4.27. The van der Waals surface area contributed by atoms with Crippen LogP contribution in [0.25, 0.3) is 111 Å². The second-order valence-electron chi connectivity index (χ2n) is 14.0. The number of para-hydroxylation sites is 1. The molecule has 0 aliphatic rings. The number of hydrogen-bond acceptors (Lipinski definition) is 5. The van der Waals surface area contributed by atoms with Gasteiger partial charge in [0.15, 0.2) is 17.5 Å². The minimum absolute atomic E-state index is 0.569. The van der Waals surface area contributed by atoms with Crippen LogP contribution in [0.4, 0.5) is 0 Å². The molecule has 11 rings (SSSR count). The van der Waals surface area contributed by atoms with Gasteiger partial charge in [0, 0.05) is 38.2 Å². The molecule has 0 spiro atoms. The zero-order chi connectivity index (χ0) is 37.0. The molecule has 262 valence electrons. The van der Waals surface area contributed by atoms with Crippen molar-refractivity contribution in [2.75, 3.05) is 0 Å². The van der Waals surface area contributed by atoms with Gasteiger partial charge in [-0.05, 0) is 69.8 Å². The molecule has 11 aromatic rings. The van der Waals surface area contributed by atoms with Crippen LogP contribution in [0.15, 0.2) is 197 Å². The highest BCUT2D eigenvalue weighted by molar-refractivity contribution is 6.19. The van der Waals surface area contributed by atoms with Gasteiger partial charge in [-0.1, -0.05) is 152 Å². The van der Waals surface area contributed by atoms with Crippen molar-refractivity contribution < 1.29 is 8.83 Å². The lowest BCUT2D eigenvalue weighted by Crippen LogP contribution is -2.00. The first-order valence-electron chi connectivity index (χ1n) is 18.7. The summed E-state index contributed by atoms with van der Waals surface area (Å²) in [5.74, 6) is 1.77. The Bertz CT molecular complexity index is 3240. The van der Waals surface area contributed by atoms with Crippen molar-refractivity contribution >= 4 is 43.9 Å². The van der Waals surface area contributed by atoms with Gasteiger partial charge in [-0.3, -0.25) is 0 Å². The van der Waals surface area contributed by atoms with Crippen LogP contribution in [0.3, 0.4) is 0 Å². The van der Waals surface area contributed by atoms with Gasteiger partial charge in [-0.2, -0.15) is 0 Å². The minimum atomic E-state index is 0.569. The van der Waals surface area contributed by atoms with E-state index < -0.39 is 0 Å². The maximum atomic E-state index is 6.61. The number of nitrogens with zero attached hydrogens (tertiary/aromatic N) is 3. The van der Waals surface area contributed by atoms with Crippen LogP contribution in [0.1, 0.15) is 0 Å². The molecule has 0 aliphatic carbocycles. The van der Waals surface area contributed by atoms with Gasteiger partial charge >= 0.3 is 0 Å². The fraction of sp³-hybridized carbons (Fsp3) is 0. The Balaban J connectivity index is 1.06. The van der Waals surface area contributed by atoms with Crippen LogP contribution < -0.4 is 0 Å². The predicted molar refractivity (Wildman–Crippen MR) is 227 cm³/mol. The fourth-order valence-corrected chi connectivity index (χ4v) is 7.86. The zero-order valence-corrected chi connectivity index (χ0v) is 30.1. The van der Waals surface area contributed by atoms with Gasteiger partial charge in [0.1, 0.15) is 22.3 Å². The number of fused-ring (bicyclic) bond motifs is 6. The first-order chi connectivity index (χ1) is 27.7. The summed E-state index contributed by atoms with van der Waals surface area (Å²) in [5.41, 5.74) is 12.7. The zero-order valence-electron chi connectivity index (χ0n) is 30.1. The molecule has 8 aromatic carbocycles. The molecule has 0 bridgehead atoms. The Morgan fingerprint density at radius 2 is 0.696 bits per heavy atom. The topological polar surface area (TPSA) is 65.0 Å². The summed E-state index contributed by atoms with van der Waals surface area (Å²) in [6, 6.07) is 64.5. The van der Waals surface area contributed by atoms with E-state index in [1.807, 2.05) is 36.4 Å². The Kier molecular flexibility index (Phi) is 7.42. The number of furan rings is 2. The Hall–Kier alpha value is -7.63. The maximum Gasteiger partial charge on any atom is 0.164 e. The van der Waals surface area contributed by atoms with Crippen molar-refractivity contribution in [3.8, 4) is 67.5 Å². The quantitative estimate of drug-likeness (QED) is 0.171. The molecule has 0 amide bonds. The van der Waals surface area contributed by atoms with Gasteiger partial charge < -0.3 is 8.83 Å². The maximum absolute atomic E-state index is 6.61. The molecule has 0 radical (unpaired) electrons. The number of rotatable bonds is 6. The van der Waals surface area contributed by atoms with Crippen LogP contribution >= 0.6 is 0 Å². The van der Waals surface area contributed by atoms with Gasteiger partial charge in [0.2, 0.25) is 0 Å². The van der Waals surface area contributed by atoms with E-state index in [4.69, 9.17) is 23.8 Å². The monoisotopic (exact) mass is 717 g/mol.